The topological polar surface area (TPSA) is 83.3 Å². The van der Waals surface area contributed by atoms with E-state index in [4.69, 9.17) is 9.47 Å². The molecule has 0 radical (unpaired) electrons. The van der Waals surface area contributed by atoms with E-state index in [-0.39, 0.29) is 5.60 Å². The normalized spacial score (nSPS) is 14.0. The van der Waals surface area contributed by atoms with Gasteiger partial charge in [0.1, 0.15) is 17.4 Å². The number of morpholine rings is 1. The zero-order chi connectivity index (χ0) is 22.6. The van der Waals surface area contributed by atoms with Crippen LogP contribution in [0.4, 0.5) is 17.3 Å². The van der Waals surface area contributed by atoms with Crippen molar-refractivity contribution in [2.45, 2.75) is 26.4 Å². The van der Waals surface area contributed by atoms with Gasteiger partial charge in [-0.2, -0.15) is 5.26 Å². The predicted octanol–water partition coefficient (Wildman–Crippen LogP) is 4.77. The maximum Gasteiger partial charge on any atom is 0.227 e. The summed E-state index contributed by atoms with van der Waals surface area (Å²) in [6.45, 7) is 9.20. The van der Waals surface area contributed by atoms with E-state index in [1.165, 1.54) is 5.69 Å². The monoisotopic (exact) mass is 429 g/mol. The van der Waals surface area contributed by atoms with Crippen molar-refractivity contribution in [2.75, 3.05) is 36.5 Å². The minimum Gasteiger partial charge on any atom is -0.487 e. The Kier molecular flexibility index (Phi) is 6.24. The van der Waals surface area contributed by atoms with Gasteiger partial charge in [-0.25, -0.2) is 9.97 Å². The highest BCUT2D eigenvalue weighted by Crippen LogP contribution is 2.28. The van der Waals surface area contributed by atoms with Crippen molar-refractivity contribution in [1.82, 2.24) is 9.97 Å². The molecule has 1 saturated heterocycles. The molecular formula is C25H27N5O2. The van der Waals surface area contributed by atoms with E-state index in [0.29, 0.717) is 17.3 Å². The van der Waals surface area contributed by atoms with Crippen molar-refractivity contribution >= 4 is 17.3 Å². The van der Waals surface area contributed by atoms with Crippen LogP contribution in [0.15, 0.2) is 54.7 Å². The highest BCUT2D eigenvalue weighted by Gasteiger charge is 2.16. The quantitative estimate of drug-likeness (QED) is 0.625. The van der Waals surface area contributed by atoms with Crippen LogP contribution in [0.5, 0.6) is 5.75 Å². The number of nitrogens with one attached hydrogen (secondary N) is 1. The highest BCUT2D eigenvalue weighted by atomic mass is 16.5. The van der Waals surface area contributed by atoms with E-state index >= 15 is 0 Å². The number of benzene rings is 2. The fourth-order valence-electron chi connectivity index (χ4n) is 3.48. The lowest BCUT2D eigenvalue weighted by Crippen LogP contribution is -2.36. The number of aromatic nitrogens is 2. The average Bonchev–Trinajstić information content (AvgIpc) is 2.80. The summed E-state index contributed by atoms with van der Waals surface area (Å²) >= 11 is 0. The fourth-order valence-corrected chi connectivity index (χ4v) is 3.48. The second kappa shape index (κ2) is 9.25. The van der Waals surface area contributed by atoms with Gasteiger partial charge in [-0.15, -0.1) is 0 Å². The molecule has 2 heterocycles. The predicted molar refractivity (Wildman–Crippen MR) is 125 cm³/mol. The first-order valence-corrected chi connectivity index (χ1v) is 10.7. The van der Waals surface area contributed by atoms with Crippen molar-refractivity contribution in [1.29, 1.82) is 5.26 Å². The summed E-state index contributed by atoms with van der Waals surface area (Å²) < 4.78 is 11.3. The first-order valence-electron chi connectivity index (χ1n) is 10.7. The number of ether oxygens (including phenoxy) is 2. The molecule has 1 N–H and O–H groups in total. The van der Waals surface area contributed by atoms with Gasteiger partial charge in [-0.3, -0.25) is 0 Å². The lowest BCUT2D eigenvalue weighted by molar-refractivity contribution is 0.122. The molecule has 1 aliphatic heterocycles. The van der Waals surface area contributed by atoms with Gasteiger partial charge in [0.25, 0.3) is 0 Å². The van der Waals surface area contributed by atoms with Crippen LogP contribution in [0.2, 0.25) is 0 Å². The van der Waals surface area contributed by atoms with Crippen LogP contribution in [0.1, 0.15) is 26.3 Å². The van der Waals surface area contributed by atoms with Crippen molar-refractivity contribution in [3.05, 3.63) is 60.3 Å². The van der Waals surface area contributed by atoms with Gasteiger partial charge in [0.05, 0.1) is 24.5 Å². The van der Waals surface area contributed by atoms with E-state index < -0.39 is 0 Å². The van der Waals surface area contributed by atoms with Crippen LogP contribution in [-0.2, 0) is 4.74 Å². The van der Waals surface area contributed by atoms with Gasteiger partial charge >= 0.3 is 0 Å². The molecule has 0 aliphatic carbocycles. The molecule has 0 saturated carbocycles. The number of nitrogens with zero attached hydrogens (tertiary/aromatic N) is 4. The molecule has 0 spiro atoms. The minimum absolute atomic E-state index is 0.379. The standard InChI is InChI=1S/C25H27N5O2/c1-25(2,3)32-23-9-4-18(16-19(23)17-26)22-10-11-27-24(29-22)28-20-5-7-21(8-6-20)30-12-14-31-15-13-30/h4-11,16H,12-15H2,1-3H3,(H,27,28,29). The summed E-state index contributed by atoms with van der Waals surface area (Å²) in [5.74, 6) is 1.06. The Hall–Kier alpha value is -3.63. The number of anilines is 3. The van der Waals surface area contributed by atoms with E-state index in [1.54, 1.807) is 12.3 Å². The first-order chi connectivity index (χ1) is 15.4. The molecule has 2 aromatic carbocycles. The summed E-state index contributed by atoms with van der Waals surface area (Å²) in [4.78, 5) is 11.3. The van der Waals surface area contributed by atoms with Crippen LogP contribution in [0.3, 0.4) is 0 Å². The molecular weight excluding hydrogens is 402 g/mol. The van der Waals surface area contributed by atoms with Crippen LogP contribution in [0.25, 0.3) is 11.3 Å². The Labute approximate surface area is 188 Å². The summed E-state index contributed by atoms with van der Waals surface area (Å²) in [5.41, 5.74) is 3.74. The Morgan fingerprint density at radius 2 is 1.81 bits per heavy atom. The molecule has 1 aliphatic rings. The van der Waals surface area contributed by atoms with Crippen molar-refractivity contribution in [2.24, 2.45) is 0 Å². The Bertz CT molecular complexity index is 1110. The second-order valence-corrected chi connectivity index (χ2v) is 8.57. The van der Waals surface area contributed by atoms with E-state index in [0.717, 1.165) is 43.2 Å². The number of hydrogen-bond donors (Lipinski definition) is 1. The van der Waals surface area contributed by atoms with Crippen molar-refractivity contribution in [3.63, 3.8) is 0 Å². The average molecular weight is 430 g/mol. The smallest absolute Gasteiger partial charge is 0.227 e. The summed E-state index contributed by atoms with van der Waals surface area (Å²) in [6, 6.07) is 17.8. The van der Waals surface area contributed by atoms with E-state index in [1.807, 2.05) is 51.1 Å². The van der Waals surface area contributed by atoms with Crippen LogP contribution in [-0.4, -0.2) is 41.9 Å². The molecule has 1 fully saturated rings. The molecule has 3 aromatic rings. The van der Waals surface area contributed by atoms with Crippen LogP contribution in [0, 0.1) is 11.3 Å². The number of hydrogen-bond acceptors (Lipinski definition) is 7. The van der Waals surface area contributed by atoms with Crippen LogP contribution < -0.4 is 15.0 Å². The van der Waals surface area contributed by atoms with E-state index in [2.05, 4.69) is 38.4 Å². The number of rotatable bonds is 5. The molecule has 0 bridgehead atoms. The Balaban J connectivity index is 1.51. The first kappa shape index (κ1) is 21.6. The minimum atomic E-state index is -0.379. The molecule has 0 unspecified atom stereocenters. The van der Waals surface area contributed by atoms with Crippen molar-refractivity contribution in [3.8, 4) is 23.1 Å². The van der Waals surface area contributed by atoms with Gasteiger partial charge in [0.15, 0.2) is 0 Å². The third kappa shape index (κ3) is 5.34. The molecule has 7 nitrogen and oxygen atoms in total. The molecule has 32 heavy (non-hydrogen) atoms. The molecule has 1 aromatic heterocycles. The molecule has 0 atom stereocenters. The second-order valence-electron chi connectivity index (χ2n) is 8.57. The maximum absolute atomic E-state index is 9.57. The zero-order valence-electron chi connectivity index (χ0n) is 18.6. The van der Waals surface area contributed by atoms with Gasteiger partial charge < -0.3 is 19.7 Å². The Morgan fingerprint density at radius 1 is 1.06 bits per heavy atom. The van der Waals surface area contributed by atoms with Gasteiger partial charge in [-0.1, -0.05) is 0 Å². The van der Waals surface area contributed by atoms with Crippen LogP contribution >= 0.6 is 0 Å². The fraction of sp³-hybridized carbons (Fsp3) is 0.320. The maximum atomic E-state index is 9.57. The highest BCUT2D eigenvalue weighted by molar-refractivity contribution is 5.66. The number of nitriles is 1. The van der Waals surface area contributed by atoms with Crippen molar-refractivity contribution < 1.29 is 9.47 Å². The lowest BCUT2D eigenvalue weighted by atomic mass is 10.1. The molecule has 0 amide bonds. The van der Waals surface area contributed by atoms with Gasteiger partial charge in [0.2, 0.25) is 5.95 Å². The largest absolute Gasteiger partial charge is 0.487 e. The van der Waals surface area contributed by atoms with Gasteiger partial charge in [-0.05, 0) is 69.3 Å². The molecule has 4 rings (SSSR count). The molecule has 164 valence electrons. The van der Waals surface area contributed by atoms with Gasteiger partial charge in [0, 0.05) is 36.2 Å². The Morgan fingerprint density at radius 3 is 2.50 bits per heavy atom. The third-order valence-corrected chi connectivity index (χ3v) is 4.97. The SMILES string of the molecule is CC(C)(C)Oc1ccc(-c2ccnc(Nc3ccc(N4CCOCC4)cc3)n2)cc1C#N. The lowest BCUT2D eigenvalue weighted by Gasteiger charge is -2.28. The summed E-state index contributed by atoms with van der Waals surface area (Å²) in [6.07, 6.45) is 1.71. The summed E-state index contributed by atoms with van der Waals surface area (Å²) in [5, 5.41) is 12.8. The summed E-state index contributed by atoms with van der Waals surface area (Å²) in [7, 11) is 0. The zero-order valence-corrected chi connectivity index (χ0v) is 18.6. The molecule has 7 heteroatoms. The third-order valence-electron chi connectivity index (χ3n) is 4.97. The van der Waals surface area contributed by atoms with E-state index in [9.17, 15) is 5.26 Å².